The molecule has 2 unspecified atom stereocenters. The van der Waals surface area contributed by atoms with E-state index >= 15 is 0 Å². The summed E-state index contributed by atoms with van der Waals surface area (Å²) in [5.41, 5.74) is 6.46. The van der Waals surface area contributed by atoms with Crippen molar-refractivity contribution in [1.29, 1.82) is 0 Å². The molecule has 1 aromatic rings. The van der Waals surface area contributed by atoms with Crippen molar-refractivity contribution >= 4 is 0 Å². The van der Waals surface area contributed by atoms with Crippen molar-refractivity contribution in [3.05, 3.63) is 35.9 Å². The Morgan fingerprint density at radius 3 is 2.33 bits per heavy atom. The average Bonchev–Trinajstić information content (AvgIpc) is 2.26. The lowest BCUT2D eigenvalue weighted by Crippen LogP contribution is -2.47. The largest absolute Gasteiger partial charge is 0.377 e. The van der Waals surface area contributed by atoms with Crippen molar-refractivity contribution in [2.24, 2.45) is 5.73 Å². The second kappa shape index (κ2) is 5.82. The monoisotopic (exact) mass is 210 g/mol. The van der Waals surface area contributed by atoms with E-state index in [2.05, 4.69) is 5.32 Å². The SMILES string of the molecule is CNC(C(N)O)[C@H](OC)c1ccccc1. The van der Waals surface area contributed by atoms with Gasteiger partial charge in [0.2, 0.25) is 0 Å². The second-order valence-electron chi connectivity index (χ2n) is 3.37. The Hall–Kier alpha value is -0.940. The fourth-order valence-corrected chi connectivity index (χ4v) is 1.63. The Morgan fingerprint density at radius 1 is 1.33 bits per heavy atom. The first-order valence-electron chi connectivity index (χ1n) is 4.89. The molecule has 1 aromatic carbocycles. The first-order valence-corrected chi connectivity index (χ1v) is 4.89. The lowest BCUT2D eigenvalue weighted by Gasteiger charge is -2.27. The van der Waals surface area contributed by atoms with Gasteiger partial charge in [0.05, 0.1) is 6.04 Å². The Morgan fingerprint density at radius 2 is 1.93 bits per heavy atom. The molecule has 3 atom stereocenters. The van der Waals surface area contributed by atoms with Crippen molar-refractivity contribution in [2.45, 2.75) is 18.4 Å². The summed E-state index contributed by atoms with van der Waals surface area (Å²) >= 11 is 0. The molecule has 0 aliphatic heterocycles. The van der Waals surface area contributed by atoms with E-state index in [4.69, 9.17) is 10.5 Å². The molecular weight excluding hydrogens is 192 g/mol. The number of methoxy groups -OCH3 is 1. The molecule has 0 saturated heterocycles. The quantitative estimate of drug-likeness (QED) is 0.609. The highest BCUT2D eigenvalue weighted by atomic mass is 16.5. The van der Waals surface area contributed by atoms with Crippen molar-refractivity contribution in [2.75, 3.05) is 14.2 Å². The van der Waals surface area contributed by atoms with E-state index in [1.54, 1.807) is 14.2 Å². The molecule has 0 heterocycles. The molecule has 0 fully saturated rings. The maximum Gasteiger partial charge on any atom is 0.120 e. The van der Waals surface area contributed by atoms with Gasteiger partial charge < -0.3 is 20.9 Å². The van der Waals surface area contributed by atoms with Crippen LogP contribution in [-0.4, -0.2) is 31.5 Å². The summed E-state index contributed by atoms with van der Waals surface area (Å²) in [5.74, 6) is 0. The molecule has 0 spiro atoms. The van der Waals surface area contributed by atoms with Gasteiger partial charge in [0.1, 0.15) is 12.3 Å². The minimum Gasteiger partial charge on any atom is -0.377 e. The van der Waals surface area contributed by atoms with Gasteiger partial charge in [-0.15, -0.1) is 0 Å². The van der Waals surface area contributed by atoms with Gasteiger partial charge >= 0.3 is 0 Å². The number of ether oxygens (including phenoxy) is 1. The number of aliphatic hydroxyl groups is 1. The van der Waals surface area contributed by atoms with Gasteiger partial charge in [0.15, 0.2) is 0 Å². The van der Waals surface area contributed by atoms with Crippen LogP contribution in [0.15, 0.2) is 30.3 Å². The zero-order chi connectivity index (χ0) is 11.3. The van der Waals surface area contributed by atoms with E-state index in [0.717, 1.165) is 5.56 Å². The smallest absolute Gasteiger partial charge is 0.120 e. The molecule has 0 aromatic heterocycles. The summed E-state index contributed by atoms with van der Waals surface area (Å²) in [7, 11) is 3.35. The molecule has 4 N–H and O–H groups in total. The first-order chi connectivity index (χ1) is 7.20. The molecule has 4 heteroatoms. The number of nitrogens with one attached hydrogen (secondary N) is 1. The lowest BCUT2D eigenvalue weighted by molar-refractivity contribution is 0.0132. The van der Waals surface area contributed by atoms with Crippen molar-refractivity contribution in [1.82, 2.24) is 5.32 Å². The van der Waals surface area contributed by atoms with E-state index < -0.39 is 6.23 Å². The third-order valence-electron chi connectivity index (χ3n) is 2.41. The Balaban J connectivity index is 2.87. The fraction of sp³-hybridized carbons (Fsp3) is 0.455. The number of hydrogen-bond acceptors (Lipinski definition) is 4. The number of hydrogen-bond donors (Lipinski definition) is 3. The second-order valence-corrected chi connectivity index (χ2v) is 3.37. The van der Waals surface area contributed by atoms with E-state index in [-0.39, 0.29) is 12.1 Å². The van der Waals surface area contributed by atoms with Crippen molar-refractivity contribution < 1.29 is 9.84 Å². The molecule has 15 heavy (non-hydrogen) atoms. The molecule has 4 nitrogen and oxygen atoms in total. The predicted octanol–water partition coefficient (Wildman–Crippen LogP) is 0.239. The summed E-state index contributed by atoms with van der Waals surface area (Å²) in [5, 5.41) is 12.4. The average molecular weight is 210 g/mol. The predicted molar refractivity (Wildman–Crippen MR) is 59.2 cm³/mol. The molecule has 0 amide bonds. The van der Waals surface area contributed by atoms with Gasteiger partial charge in [-0.05, 0) is 12.6 Å². The maximum atomic E-state index is 9.41. The van der Waals surface area contributed by atoms with Gasteiger partial charge in [-0.2, -0.15) is 0 Å². The number of benzene rings is 1. The van der Waals surface area contributed by atoms with E-state index in [0.29, 0.717) is 0 Å². The number of nitrogens with two attached hydrogens (primary N) is 1. The molecule has 0 aliphatic carbocycles. The molecule has 1 rings (SSSR count). The fourth-order valence-electron chi connectivity index (χ4n) is 1.63. The third-order valence-corrected chi connectivity index (χ3v) is 2.41. The van der Waals surface area contributed by atoms with E-state index in [1.165, 1.54) is 0 Å². The Kier molecular flexibility index (Phi) is 4.71. The van der Waals surface area contributed by atoms with Crippen LogP contribution >= 0.6 is 0 Å². The minimum absolute atomic E-state index is 0.254. The van der Waals surface area contributed by atoms with Crippen LogP contribution in [0.25, 0.3) is 0 Å². The van der Waals surface area contributed by atoms with Gasteiger partial charge in [-0.3, -0.25) is 0 Å². The standard InChI is InChI=1S/C11H18N2O2/c1-13-9(11(12)14)10(15-2)8-6-4-3-5-7-8/h3-7,9-11,13-14H,12H2,1-2H3/t9?,10-,11?/m1/s1. The van der Waals surface area contributed by atoms with Gasteiger partial charge in [-0.1, -0.05) is 30.3 Å². The van der Waals surface area contributed by atoms with Gasteiger partial charge in [0.25, 0.3) is 0 Å². The van der Waals surface area contributed by atoms with Crippen molar-refractivity contribution in [3.63, 3.8) is 0 Å². The highest BCUT2D eigenvalue weighted by Crippen LogP contribution is 2.21. The summed E-state index contributed by atoms with van der Waals surface area (Å²) in [6.07, 6.45) is -1.21. The van der Waals surface area contributed by atoms with Crippen LogP contribution in [-0.2, 0) is 4.74 Å². The van der Waals surface area contributed by atoms with Crippen LogP contribution in [0.1, 0.15) is 11.7 Å². The van der Waals surface area contributed by atoms with Crippen molar-refractivity contribution in [3.8, 4) is 0 Å². The maximum absolute atomic E-state index is 9.41. The minimum atomic E-state index is -0.958. The molecule has 0 aliphatic rings. The molecule has 0 saturated carbocycles. The normalized spacial score (nSPS) is 17.1. The third kappa shape index (κ3) is 3.00. The number of aliphatic hydroxyl groups excluding tert-OH is 1. The van der Waals surface area contributed by atoms with Crippen LogP contribution in [0.2, 0.25) is 0 Å². The molecular formula is C11H18N2O2. The summed E-state index contributed by atoms with van der Waals surface area (Å²) in [6.45, 7) is 0. The van der Waals surface area contributed by atoms with E-state index in [1.807, 2.05) is 30.3 Å². The molecule has 84 valence electrons. The highest BCUT2D eigenvalue weighted by molar-refractivity contribution is 5.19. The van der Waals surface area contributed by atoms with Gasteiger partial charge in [-0.25, -0.2) is 0 Å². The summed E-state index contributed by atoms with van der Waals surface area (Å²) < 4.78 is 5.35. The topological polar surface area (TPSA) is 67.5 Å². The van der Waals surface area contributed by atoms with Crippen LogP contribution in [0.3, 0.4) is 0 Å². The lowest BCUT2D eigenvalue weighted by atomic mass is 10.0. The van der Waals surface area contributed by atoms with Crippen LogP contribution < -0.4 is 11.1 Å². The van der Waals surface area contributed by atoms with Crippen LogP contribution in [0, 0.1) is 0 Å². The Bertz CT molecular complexity index is 277. The summed E-state index contributed by atoms with van der Waals surface area (Å²) in [4.78, 5) is 0. The van der Waals surface area contributed by atoms with Crippen LogP contribution in [0.4, 0.5) is 0 Å². The summed E-state index contributed by atoms with van der Waals surface area (Å²) in [6, 6.07) is 9.36. The molecule has 0 radical (unpaired) electrons. The van der Waals surface area contributed by atoms with Gasteiger partial charge in [0, 0.05) is 7.11 Å². The number of rotatable bonds is 5. The Labute approximate surface area is 90.1 Å². The highest BCUT2D eigenvalue weighted by Gasteiger charge is 2.25. The first kappa shape index (κ1) is 12.1. The zero-order valence-electron chi connectivity index (χ0n) is 9.05. The zero-order valence-corrected chi connectivity index (χ0v) is 9.05. The van der Waals surface area contributed by atoms with E-state index in [9.17, 15) is 5.11 Å². The van der Waals surface area contributed by atoms with Crippen LogP contribution in [0.5, 0.6) is 0 Å². The number of likely N-dealkylation sites (N-methyl/N-ethyl adjacent to an activating group) is 1. The molecule has 0 bridgehead atoms.